The van der Waals surface area contributed by atoms with Crippen molar-refractivity contribution in [2.24, 2.45) is 0 Å². The van der Waals surface area contributed by atoms with Gasteiger partial charge in [-0.2, -0.15) is 11.8 Å². The molecule has 0 saturated carbocycles. The molecule has 100 valence electrons. The molecule has 0 spiro atoms. The topological polar surface area (TPSA) is 12.0 Å². The first-order valence-corrected chi connectivity index (χ1v) is 8.10. The Hall–Kier alpha value is -1.25. The molecular formula is C17H21NS. The average molecular weight is 271 g/mol. The van der Waals surface area contributed by atoms with E-state index in [9.17, 15) is 0 Å². The molecule has 2 aromatic carbocycles. The molecule has 0 aliphatic heterocycles. The molecule has 0 heterocycles. The predicted octanol–water partition coefficient (Wildman–Crippen LogP) is 3.92. The van der Waals surface area contributed by atoms with Gasteiger partial charge in [0.1, 0.15) is 0 Å². The summed E-state index contributed by atoms with van der Waals surface area (Å²) in [5, 5.41) is 3.66. The van der Waals surface area contributed by atoms with E-state index in [2.05, 4.69) is 72.2 Å². The second kappa shape index (κ2) is 8.03. The molecule has 0 bridgehead atoms. The van der Waals surface area contributed by atoms with Gasteiger partial charge in [-0.1, -0.05) is 60.7 Å². The first-order chi connectivity index (χ1) is 9.40. The van der Waals surface area contributed by atoms with E-state index in [4.69, 9.17) is 0 Å². The van der Waals surface area contributed by atoms with Crippen LogP contribution in [0.15, 0.2) is 60.7 Å². The lowest BCUT2D eigenvalue weighted by Gasteiger charge is -2.19. The largest absolute Gasteiger partial charge is 0.309 e. The highest BCUT2D eigenvalue weighted by molar-refractivity contribution is 7.98. The highest BCUT2D eigenvalue weighted by Gasteiger charge is 2.10. The Kier molecular flexibility index (Phi) is 5.99. The molecule has 0 aromatic heterocycles. The third kappa shape index (κ3) is 4.73. The number of nitrogens with one attached hydrogen (secondary N) is 1. The van der Waals surface area contributed by atoms with Crippen LogP contribution in [0.4, 0.5) is 0 Å². The van der Waals surface area contributed by atoms with Gasteiger partial charge >= 0.3 is 0 Å². The summed E-state index contributed by atoms with van der Waals surface area (Å²) in [7, 11) is 0. The molecule has 1 N–H and O–H groups in total. The van der Waals surface area contributed by atoms with Crippen LogP contribution in [0.3, 0.4) is 0 Å². The Labute approximate surface area is 120 Å². The van der Waals surface area contributed by atoms with Gasteiger partial charge in [-0.25, -0.2) is 0 Å². The molecule has 1 unspecified atom stereocenters. The van der Waals surface area contributed by atoms with Gasteiger partial charge in [-0.15, -0.1) is 0 Å². The predicted molar refractivity (Wildman–Crippen MR) is 85.7 cm³/mol. The van der Waals surface area contributed by atoms with Crippen LogP contribution in [-0.2, 0) is 6.42 Å². The van der Waals surface area contributed by atoms with Gasteiger partial charge in [-0.3, -0.25) is 0 Å². The Balaban J connectivity index is 2.06. The number of benzene rings is 2. The fraction of sp³-hybridized carbons (Fsp3) is 0.294. The molecule has 2 heteroatoms. The molecular weight excluding hydrogens is 250 g/mol. The molecule has 19 heavy (non-hydrogen) atoms. The smallest absolute Gasteiger partial charge is 0.0361 e. The normalized spacial score (nSPS) is 12.3. The molecule has 0 fully saturated rings. The second-order valence-corrected chi connectivity index (χ2v) is 5.59. The highest BCUT2D eigenvalue weighted by atomic mass is 32.2. The minimum Gasteiger partial charge on any atom is -0.309 e. The molecule has 0 aliphatic rings. The Morgan fingerprint density at radius 2 is 1.58 bits per heavy atom. The molecule has 1 atom stereocenters. The van der Waals surface area contributed by atoms with Crippen molar-refractivity contribution in [1.82, 2.24) is 5.32 Å². The van der Waals surface area contributed by atoms with E-state index in [1.54, 1.807) is 0 Å². The first kappa shape index (κ1) is 14.2. The maximum absolute atomic E-state index is 3.66. The first-order valence-electron chi connectivity index (χ1n) is 6.71. The van der Waals surface area contributed by atoms with E-state index in [0.717, 1.165) is 18.7 Å². The van der Waals surface area contributed by atoms with Crippen LogP contribution in [-0.4, -0.2) is 18.6 Å². The number of rotatable bonds is 7. The van der Waals surface area contributed by atoms with Crippen LogP contribution in [0.5, 0.6) is 0 Å². The van der Waals surface area contributed by atoms with E-state index in [-0.39, 0.29) is 0 Å². The average Bonchev–Trinajstić information content (AvgIpc) is 2.48. The summed E-state index contributed by atoms with van der Waals surface area (Å²) >= 11 is 1.88. The third-order valence-corrected chi connectivity index (χ3v) is 3.79. The van der Waals surface area contributed by atoms with Crippen molar-refractivity contribution < 1.29 is 0 Å². The fourth-order valence-corrected chi connectivity index (χ4v) is 2.50. The van der Waals surface area contributed by atoms with Crippen LogP contribution in [0.1, 0.15) is 17.2 Å². The summed E-state index contributed by atoms with van der Waals surface area (Å²) in [5.74, 6) is 1.15. The van der Waals surface area contributed by atoms with Crippen molar-refractivity contribution in [2.75, 3.05) is 18.6 Å². The van der Waals surface area contributed by atoms with Gasteiger partial charge in [0.15, 0.2) is 0 Å². The van der Waals surface area contributed by atoms with E-state index in [1.807, 2.05) is 11.8 Å². The quantitative estimate of drug-likeness (QED) is 0.766. The monoisotopic (exact) mass is 271 g/mol. The van der Waals surface area contributed by atoms with E-state index >= 15 is 0 Å². The van der Waals surface area contributed by atoms with Crippen molar-refractivity contribution in [3.63, 3.8) is 0 Å². The van der Waals surface area contributed by atoms with Crippen molar-refractivity contribution >= 4 is 11.8 Å². The summed E-state index contributed by atoms with van der Waals surface area (Å²) < 4.78 is 0. The Bertz CT molecular complexity index is 455. The minimum absolute atomic E-state index is 0.399. The fourth-order valence-electron chi connectivity index (χ4n) is 2.18. The van der Waals surface area contributed by atoms with E-state index in [1.165, 1.54) is 11.1 Å². The van der Waals surface area contributed by atoms with Gasteiger partial charge in [0, 0.05) is 18.3 Å². The maximum atomic E-state index is 3.66. The van der Waals surface area contributed by atoms with E-state index in [0.29, 0.717) is 6.04 Å². The summed E-state index contributed by atoms with van der Waals surface area (Å²) in [6.07, 6.45) is 3.19. The van der Waals surface area contributed by atoms with Crippen LogP contribution in [0.25, 0.3) is 0 Å². The summed E-state index contributed by atoms with van der Waals surface area (Å²) in [6, 6.07) is 21.8. The Morgan fingerprint density at radius 1 is 0.947 bits per heavy atom. The maximum Gasteiger partial charge on any atom is 0.0361 e. The van der Waals surface area contributed by atoms with Crippen LogP contribution in [0.2, 0.25) is 0 Å². The van der Waals surface area contributed by atoms with Crippen molar-refractivity contribution in [2.45, 2.75) is 12.5 Å². The molecule has 0 amide bonds. The van der Waals surface area contributed by atoms with Gasteiger partial charge in [0.2, 0.25) is 0 Å². The van der Waals surface area contributed by atoms with Crippen molar-refractivity contribution in [1.29, 1.82) is 0 Å². The van der Waals surface area contributed by atoms with Gasteiger partial charge in [-0.05, 0) is 23.8 Å². The van der Waals surface area contributed by atoms with Crippen LogP contribution >= 0.6 is 11.8 Å². The number of hydrogen-bond acceptors (Lipinski definition) is 2. The lowest BCUT2D eigenvalue weighted by Crippen LogP contribution is -2.25. The lowest BCUT2D eigenvalue weighted by atomic mass is 9.99. The minimum atomic E-state index is 0.399. The molecule has 2 aromatic rings. The molecule has 2 rings (SSSR count). The molecule has 1 nitrogen and oxygen atoms in total. The van der Waals surface area contributed by atoms with Gasteiger partial charge in [0.05, 0.1) is 0 Å². The van der Waals surface area contributed by atoms with Crippen LogP contribution in [0, 0.1) is 0 Å². The second-order valence-electron chi connectivity index (χ2n) is 4.60. The zero-order chi connectivity index (χ0) is 13.3. The zero-order valence-electron chi connectivity index (χ0n) is 11.4. The van der Waals surface area contributed by atoms with Gasteiger partial charge in [0.25, 0.3) is 0 Å². The summed E-state index contributed by atoms with van der Waals surface area (Å²) in [6.45, 7) is 1.05. The molecule has 0 aliphatic carbocycles. The van der Waals surface area contributed by atoms with Crippen molar-refractivity contribution in [3.8, 4) is 0 Å². The standard InChI is InChI=1S/C17H21NS/c1-19-13-12-18-17(16-10-6-3-7-11-16)14-15-8-4-2-5-9-15/h2-11,17-18H,12-14H2,1H3. The highest BCUT2D eigenvalue weighted by Crippen LogP contribution is 2.18. The lowest BCUT2D eigenvalue weighted by molar-refractivity contribution is 0.552. The summed E-state index contributed by atoms with van der Waals surface area (Å²) in [4.78, 5) is 0. The van der Waals surface area contributed by atoms with Crippen LogP contribution < -0.4 is 5.32 Å². The molecule has 0 radical (unpaired) electrons. The molecule has 0 saturated heterocycles. The van der Waals surface area contributed by atoms with Crippen molar-refractivity contribution in [3.05, 3.63) is 71.8 Å². The zero-order valence-corrected chi connectivity index (χ0v) is 12.2. The number of hydrogen-bond donors (Lipinski definition) is 1. The SMILES string of the molecule is CSCCNC(Cc1ccccc1)c1ccccc1. The number of thioether (sulfide) groups is 1. The van der Waals surface area contributed by atoms with Gasteiger partial charge < -0.3 is 5.32 Å². The third-order valence-electron chi connectivity index (χ3n) is 3.18. The van der Waals surface area contributed by atoms with E-state index < -0.39 is 0 Å². The summed E-state index contributed by atoms with van der Waals surface area (Å²) in [5.41, 5.74) is 2.75. The Morgan fingerprint density at radius 3 is 2.21 bits per heavy atom.